The first-order chi connectivity index (χ1) is 8.84. The van der Waals surface area contributed by atoms with Crippen molar-refractivity contribution in [2.75, 3.05) is 25.0 Å². The van der Waals surface area contributed by atoms with Crippen LogP contribution in [-0.4, -0.2) is 36.5 Å². The predicted octanol–water partition coefficient (Wildman–Crippen LogP) is 1.87. The van der Waals surface area contributed by atoms with E-state index in [0.29, 0.717) is 6.54 Å². The van der Waals surface area contributed by atoms with Crippen LogP contribution in [0.5, 0.6) is 5.75 Å². The maximum atomic E-state index is 12.3. The number of hydrogen-bond donors (Lipinski definition) is 1. The lowest BCUT2D eigenvalue weighted by molar-refractivity contribution is -0.139. The standard InChI is InChI=1S/C14H18N2O2/c17-14(16-8-4-1-5-9-16)13-10-15-11-6-2-3-7-12(11)18-13/h2-3,6-7,13,15H,1,4-5,8-10H2/t13-/m1/s1. The summed E-state index contributed by atoms with van der Waals surface area (Å²) in [4.78, 5) is 14.3. The summed E-state index contributed by atoms with van der Waals surface area (Å²) in [5.41, 5.74) is 0.972. The number of para-hydroxylation sites is 2. The topological polar surface area (TPSA) is 41.6 Å². The van der Waals surface area contributed by atoms with Gasteiger partial charge in [0.25, 0.3) is 5.91 Å². The SMILES string of the molecule is O=C([C@H]1CNc2ccccc2O1)N1CCCCC1. The molecule has 4 heteroatoms. The maximum Gasteiger partial charge on any atom is 0.265 e. The molecule has 0 aromatic heterocycles. The Balaban J connectivity index is 1.69. The summed E-state index contributed by atoms with van der Waals surface area (Å²) in [5, 5.41) is 3.26. The third-order valence-corrected chi connectivity index (χ3v) is 3.58. The molecule has 96 valence electrons. The number of anilines is 1. The minimum absolute atomic E-state index is 0.122. The zero-order valence-corrected chi connectivity index (χ0v) is 10.4. The summed E-state index contributed by atoms with van der Waals surface area (Å²) in [6, 6.07) is 7.76. The molecule has 0 unspecified atom stereocenters. The highest BCUT2D eigenvalue weighted by Gasteiger charge is 2.30. The number of carbonyl (C=O) groups excluding carboxylic acids is 1. The van der Waals surface area contributed by atoms with Gasteiger partial charge in [0.2, 0.25) is 0 Å². The third kappa shape index (κ3) is 2.15. The summed E-state index contributed by atoms with van der Waals surface area (Å²) >= 11 is 0. The number of piperidine rings is 1. The molecule has 0 saturated carbocycles. The van der Waals surface area contributed by atoms with Gasteiger partial charge in [0, 0.05) is 13.1 Å². The van der Waals surface area contributed by atoms with Crippen molar-refractivity contribution in [1.82, 2.24) is 4.90 Å². The van der Waals surface area contributed by atoms with E-state index in [1.54, 1.807) is 0 Å². The zero-order valence-electron chi connectivity index (χ0n) is 10.4. The van der Waals surface area contributed by atoms with Crippen LogP contribution in [0.3, 0.4) is 0 Å². The van der Waals surface area contributed by atoms with Crippen molar-refractivity contribution in [3.05, 3.63) is 24.3 Å². The van der Waals surface area contributed by atoms with Gasteiger partial charge < -0.3 is 15.0 Å². The molecule has 1 aromatic rings. The van der Waals surface area contributed by atoms with Crippen LogP contribution in [0.25, 0.3) is 0 Å². The summed E-state index contributed by atoms with van der Waals surface area (Å²) < 4.78 is 5.79. The molecule has 1 aromatic carbocycles. The fraction of sp³-hybridized carbons (Fsp3) is 0.500. The number of nitrogens with one attached hydrogen (secondary N) is 1. The number of nitrogens with zero attached hydrogens (tertiary/aromatic N) is 1. The van der Waals surface area contributed by atoms with E-state index in [9.17, 15) is 4.79 Å². The number of fused-ring (bicyclic) bond motifs is 1. The number of hydrogen-bond acceptors (Lipinski definition) is 3. The molecule has 4 nitrogen and oxygen atoms in total. The minimum Gasteiger partial charge on any atom is -0.477 e. The van der Waals surface area contributed by atoms with E-state index < -0.39 is 0 Å². The molecule has 3 rings (SSSR count). The Morgan fingerprint density at radius 2 is 2.00 bits per heavy atom. The quantitative estimate of drug-likeness (QED) is 0.822. The highest BCUT2D eigenvalue weighted by molar-refractivity contribution is 5.83. The van der Waals surface area contributed by atoms with Gasteiger partial charge in [-0.1, -0.05) is 12.1 Å². The monoisotopic (exact) mass is 246 g/mol. The van der Waals surface area contributed by atoms with Crippen LogP contribution in [-0.2, 0) is 4.79 Å². The fourth-order valence-electron chi connectivity index (χ4n) is 2.57. The van der Waals surface area contributed by atoms with Crippen LogP contribution in [0.15, 0.2) is 24.3 Å². The van der Waals surface area contributed by atoms with Gasteiger partial charge in [0.1, 0.15) is 5.75 Å². The van der Waals surface area contributed by atoms with Crippen molar-refractivity contribution in [2.24, 2.45) is 0 Å². The molecule has 2 aliphatic rings. The molecule has 1 fully saturated rings. The molecule has 1 atom stereocenters. The van der Waals surface area contributed by atoms with E-state index in [1.165, 1.54) is 6.42 Å². The lowest BCUT2D eigenvalue weighted by Gasteiger charge is -2.33. The lowest BCUT2D eigenvalue weighted by atomic mass is 10.1. The van der Waals surface area contributed by atoms with Gasteiger partial charge in [-0.05, 0) is 31.4 Å². The highest BCUT2D eigenvalue weighted by atomic mass is 16.5. The second kappa shape index (κ2) is 4.88. The first-order valence-corrected chi connectivity index (χ1v) is 6.63. The summed E-state index contributed by atoms with van der Waals surface area (Å²) in [6.45, 7) is 2.31. The molecule has 2 aliphatic heterocycles. The summed E-state index contributed by atoms with van der Waals surface area (Å²) in [5.74, 6) is 0.899. The number of carbonyl (C=O) groups is 1. The minimum atomic E-state index is -0.377. The van der Waals surface area contributed by atoms with Crippen molar-refractivity contribution < 1.29 is 9.53 Å². The molecular weight excluding hydrogens is 228 g/mol. The molecule has 1 amide bonds. The Morgan fingerprint density at radius 1 is 1.22 bits per heavy atom. The van der Waals surface area contributed by atoms with Crippen molar-refractivity contribution in [3.63, 3.8) is 0 Å². The third-order valence-electron chi connectivity index (χ3n) is 3.58. The Labute approximate surface area is 107 Å². The molecule has 0 bridgehead atoms. The Bertz CT molecular complexity index is 441. The largest absolute Gasteiger partial charge is 0.477 e. The van der Waals surface area contributed by atoms with Gasteiger partial charge in [-0.25, -0.2) is 0 Å². The summed E-state index contributed by atoms with van der Waals surface area (Å²) in [6.07, 6.45) is 3.08. The van der Waals surface area contributed by atoms with Gasteiger partial charge in [0.05, 0.1) is 12.2 Å². The fourth-order valence-corrected chi connectivity index (χ4v) is 2.57. The van der Waals surface area contributed by atoms with E-state index in [2.05, 4.69) is 5.32 Å². The van der Waals surface area contributed by atoms with Crippen molar-refractivity contribution in [2.45, 2.75) is 25.4 Å². The first-order valence-electron chi connectivity index (χ1n) is 6.63. The average Bonchev–Trinajstić information content (AvgIpc) is 2.47. The Morgan fingerprint density at radius 3 is 2.83 bits per heavy atom. The molecule has 0 aliphatic carbocycles. The Kier molecular flexibility index (Phi) is 3.09. The lowest BCUT2D eigenvalue weighted by Crippen LogP contribution is -2.48. The van der Waals surface area contributed by atoms with Crippen molar-refractivity contribution >= 4 is 11.6 Å². The molecule has 1 saturated heterocycles. The number of ether oxygens (including phenoxy) is 1. The van der Waals surface area contributed by atoms with Crippen LogP contribution in [0.1, 0.15) is 19.3 Å². The van der Waals surface area contributed by atoms with Crippen LogP contribution in [0.4, 0.5) is 5.69 Å². The van der Waals surface area contributed by atoms with E-state index >= 15 is 0 Å². The van der Waals surface area contributed by atoms with Crippen LogP contribution >= 0.6 is 0 Å². The molecule has 1 N–H and O–H groups in total. The predicted molar refractivity (Wildman–Crippen MR) is 69.8 cm³/mol. The molecule has 2 heterocycles. The van der Waals surface area contributed by atoms with Gasteiger partial charge in [0.15, 0.2) is 6.10 Å². The van der Waals surface area contributed by atoms with E-state index in [4.69, 9.17) is 4.74 Å². The van der Waals surface area contributed by atoms with E-state index in [1.807, 2.05) is 29.2 Å². The number of benzene rings is 1. The number of rotatable bonds is 1. The average molecular weight is 246 g/mol. The maximum absolute atomic E-state index is 12.3. The molecule has 18 heavy (non-hydrogen) atoms. The Hall–Kier alpha value is -1.71. The van der Waals surface area contributed by atoms with Crippen molar-refractivity contribution in [3.8, 4) is 5.75 Å². The summed E-state index contributed by atoms with van der Waals surface area (Å²) in [7, 11) is 0. The molecule has 0 spiro atoms. The van der Waals surface area contributed by atoms with Gasteiger partial charge in [-0.15, -0.1) is 0 Å². The number of likely N-dealkylation sites (tertiary alicyclic amines) is 1. The van der Waals surface area contributed by atoms with Crippen LogP contribution in [0, 0.1) is 0 Å². The van der Waals surface area contributed by atoms with E-state index in [0.717, 1.165) is 37.4 Å². The zero-order chi connectivity index (χ0) is 12.4. The normalized spacial score (nSPS) is 22.7. The first kappa shape index (κ1) is 11.4. The van der Waals surface area contributed by atoms with Gasteiger partial charge in [-0.2, -0.15) is 0 Å². The second-order valence-corrected chi connectivity index (χ2v) is 4.87. The van der Waals surface area contributed by atoms with Gasteiger partial charge in [-0.3, -0.25) is 4.79 Å². The van der Waals surface area contributed by atoms with Crippen molar-refractivity contribution in [1.29, 1.82) is 0 Å². The highest BCUT2D eigenvalue weighted by Crippen LogP contribution is 2.28. The second-order valence-electron chi connectivity index (χ2n) is 4.87. The number of amides is 1. The smallest absolute Gasteiger partial charge is 0.265 e. The molecular formula is C14H18N2O2. The molecule has 0 radical (unpaired) electrons. The van der Waals surface area contributed by atoms with E-state index in [-0.39, 0.29) is 12.0 Å². The van der Waals surface area contributed by atoms with Crippen LogP contribution < -0.4 is 10.1 Å². The van der Waals surface area contributed by atoms with Gasteiger partial charge >= 0.3 is 0 Å². The van der Waals surface area contributed by atoms with Crippen LogP contribution in [0.2, 0.25) is 0 Å².